The standard InChI is InChI=1S/C37H31BF2N2/c1-24-5-13-28(14-6-24)32-21-34(30-17-9-26(3)10-18-30)41-35(32)23-37-33(29-15-7-25(2)8-16-29)22-36(42(37)38(39)40)31-19-11-27(4)12-20-31/h5-23H,1-4H3/b35-23-. The maximum atomic E-state index is 15.0. The molecule has 5 heteroatoms. The molecular formula is C37H31BF2N2. The molecular weight excluding hydrogens is 521 g/mol. The number of hydrogen-bond acceptors (Lipinski definition) is 1. The van der Waals surface area contributed by atoms with Crippen LogP contribution in [-0.2, 0) is 0 Å². The number of aliphatic imine (C=N–C) groups is 1. The lowest BCUT2D eigenvalue weighted by atomic mass is 9.98. The van der Waals surface area contributed by atoms with Gasteiger partial charge in [0.05, 0.1) is 11.4 Å². The van der Waals surface area contributed by atoms with E-state index in [4.69, 9.17) is 4.99 Å². The van der Waals surface area contributed by atoms with Gasteiger partial charge < -0.3 is 4.48 Å². The molecule has 0 spiro atoms. The third-order valence-electron chi connectivity index (χ3n) is 7.76. The van der Waals surface area contributed by atoms with Crippen LogP contribution < -0.4 is 0 Å². The van der Waals surface area contributed by atoms with Gasteiger partial charge in [0.1, 0.15) is 0 Å². The summed E-state index contributed by atoms with van der Waals surface area (Å²) in [6.45, 7) is 8.11. The first-order valence-electron chi connectivity index (χ1n) is 14.1. The van der Waals surface area contributed by atoms with Gasteiger partial charge >= 0.3 is 7.40 Å². The fourth-order valence-electron chi connectivity index (χ4n) is 5.32. The Morgan fingerprint density at radius 3 is 1.55 bits per heavy atom. The van der Waals surface area contributed by atoms with Crippen molar-refractivity contribution in [1.29, 1.82) is 0 Å². The van der Waals surface area contributed by atoms with Gasteiger partial charge in [0.25, 0.3) is 0 Å². The minimum Gasteiger partial charge on any atom is -0.325 e. The molecule has 0 bridgehead atoms. The zero-order valence-electron chi connectivity index (χ0n) is 24.2. The Kier molecular flexibility index (Phi) is 7.34. The van der Waals surface area contributed by atoms with Gasteiger partial charge in [-0.25, -0.2) is 4.99 Å². The van der Waals surface area contributed by atoms with Gasteiger partial charge in [-0.1, -0.05) is 119 Å². The number of benzene rings is 4. The lowest BCUT2D eigenvalue weighted by molar-refractivity contribution is 0.630. The van der Waals surface area contributed by atoms with Crippen LogP contribution in [0.4, 0.5) is 8.63 Å². The molecule has 2 nitrogen and oxygen atoms in total. The van der Waals surface area contributed by atoms with E-state index < -0.39 is 7.40 Å². The van der Waals surface area contributed by atoms with E-state index in [1.165, 1.54) is 0 Å². The molecule has 0 fully saturated rings. The van der Waals surface area contributed by atoms with Gasteiger partial charge in [-0.05, 0) is 62.6 Å². The summed E-state index contributed by atoms with van der Waals surface area (Å²) in [6.07, 6.45) is 3.88. The molecule has 0 saturated carbocycles. The van der Waals surface area contributed by atoms with E-state index in [0.29, 0.717) is 17.1 Å². The van der Waals surface area contributed by atoms with Crippen LogP contribution in [0.5, 0.6) is 0 Å². The summed E-state index contributed by atoms with van der Waals surface area (Å²) in [5.74, 6) is 0. The highest BCUT2D eigenvalue weighted by molar-refractivity contribution is 6.42. The summed E-state index contributed by atoms with van der Waals surface area (Å²) in [5.41, 5.74) is 12.1. The molecule has 0 radical (unpaired) electrons. The van der Waals surface area contributed by atoms with Crippen LogP contribution in [0, 0.1) is 27.7 Å². The van der Waals surface area contributed by atoms with Gasteiger partial charge in [-0.2, -0.15) is 0 Å². The summed E-state index contributed by atoms with van der Waals surface area (Å²) in [6, 6.07) is 34.1. The van der Waals surface area contributed by atoms with E-state index in [1.54, 1.807) is 0 Å². The maximum absolute atomic E-state index is 15.0. The number of rotatable bonds is 6. The average molecular weight is 552 g/mol. The predicted octanol–water partition coefficient (Wildman–Crippen LogP) is 9.76. The van der Waals surface area contributed by atoms with Crippen molar-refractivity contribution in [2.24, 2.45) is 4.99 Å². The molecule has 1 aliphatic rings. The molecule has 4 aromatic carbocycles. The van der Waals surface area contributed by atoms with Gasteiger partial charge in [0.2, 0.25) is 0 Å². The minimum atomic E-state index is -2.75. The van der Waals surface area contributed by atoms with Crippen molar-refractivity contribution in [3.8, 4) is 22.4 Å². The molecule has 42 heavy (non-hydrogen) atoms. The summed E-state index contributed by atoms with van der Waals surface area (Å²) in [4.78, 5) is 5.03. The molecule has 5 aromatic rings. The SMILES string of the molecule is Cc1ccc(C2=CC(c3ccc(C)cc3)=N/C2=C\c2c(-c3ccc(C)cc3)cc(-c3ccc(C)cc3)n2B(F)F)cc1. The highest BCUT2D eigenvalue weighted by atomic mass is 19.2. The summed E-state index contributed by atoms with van der Waals surface area (Å²) in [7, 11) is -2.75. The fourth-order valence-corrected chi connectivity index (χ4v) is 5.32. The van der Waals surface area contributed by atoms with Crippen LogP contribution >= 0.6 is 0 Å². The number of aryl methyl sites for hydroxylation is 4. The van der Waals surface area contributed by atoms with E-state index in [0.717, 1.165) is 65.8 Å². The van der Waals surface area contributed by atoms with E-state index in [2.05, 4.69) is 61.5 Å². The molecule has 0 aliphatic carbocycles. The Morgan fingerprint density at radius 1 is 0.595 bits per heavy atom. The maximum Gasteiger partial charge on any atom is 0.678 e. The largest absolute Gasteiger partial charge is 0.678 e. The summed E-state index contributed by atoms with van der Waals surface area (Å²) < 4.78 is 31.2. The zero-order valence-corrected chi connectivity index (χ0v) is 24.2. The zero-order chi connectivity index (χ0) is 29.4. The van der Waals surface area contributed by atoms with Crippen molar-refractivity contribution in [1.82, 2.24) is 4.48 Å². The number of aromatic nitrogens is 1. The molecule has 0 saturated heterocycles. The van der Waals surface area contributed by atoms with Crippen LogP contribution in [0.2, 0.25) is 0 Å². The lowest BCUT2D eigenvalue weighted by Gasteiger charge is -2.12. The highest BCUT2D eigenvalue weighted by Gasteiger charge is 2.28. The summed E-state index contributed by atoms with van der Waals surface area (Å²) in [5, 5.41) is 0. The van der Waals surface area contributed by atoms with Crippen molar-refractivity contribution >= 4 is 24.8 Å². The van der Waals surface area contributed by atoms with E-state index in [-0.39, 0.29) is 0 Å². The molecule has 0 atom stereocenters. The molecule has 0 unspecified atom stereocenters. The van der Waals surface area contributed by atoms with E-state index in [1.807, 2.05) is 81.4 Å². The van der Waals surface area contributed by atoms with Gasteiger partial charge in [0, 0.05) is 28.1 Å². The Bertz CT molecular complexity index is 1840. The lowest BCUT2D eigenvalue weighted by Crippen LogP contribution is -2.16. The smallest absolute Gasteiger partial charge is 0.325 e. The molecule has 0 amide bonds. The normalized spacial score (nSPS) is 13.8. The predicted molar refractivity (Wildman–Crippen MR) is 173 cm³/mol. The van der Waals surface area contributed by atoms with Crippen molar-refractivity contribution in [2.75, 3.05) is 0 Å². The van der Waals surface area contributed by atoms with Gasteiger partial charge in [-0.3, -0.25) is 8.63 Å². The highest BCUT2D eigenvalue weighted by Crippen LogP contribution is 2.39. The quantitative estimate of drug-likeness (QED) is 0.187. The van der Waals surface area contributed by atoms with Crippen molar-refractivity contribution in [2.45, 2.75) is 27.7 Å². The number of nitrogens with zero attached hydrogens (tertiary/aromatic N) is 2. The van der Waals surface area contributed by atoms with Crippen molar-refractivity contribution < 1.29 is 8.63 Å². The van der Waals surface area contributed by atoms with Crippen molar-refractivity contribution in [3.63, 3.8) is 0 Å². The number of allylic oxidation sites excluding steroid dienone is 2. The third kappa shape index (κ3) is 5.43. The van der Waals surface area contributed by atoms with Crippen LogP contribution in [-0.4, -0.2) is 17.6 Å². The first-order chi connectivity index (χ1) is 20.3. The van der Waals surface area contributed by atoms with Crippen LogP contribution in [0.3, 0.4) is 0 Å². The second-order valence-electron chi connectivity index (χ2n) is 11.0. The second-order valence-corrected chi connectivity index (χ2v) is 11.0. The Hall–Kier alpha value is -4.77. The Labute approximate surface area is 246 Å². The number of hydrogen-bond donors (Lipinski definition) is 0. The van der Waals surface area contributed by atoms with E-state index >= 15 is 8.63 Å². The Balaban J connectivity index is 1.60. The molecule has 1 aliphatic heterocycles. The molecule has 2 heterocycles. The average Bonchev–Trinajstić information content (AvgIpc) is 3.57. The Morgan fingerprint density at radius 2 is 1.05 bits per heavy atom. The fraction of sp³-hybridized carbons (Fsp3) is 0.108. The second kappa shape index (κ2) is 11.3. The van der Waals surface area contributed by atoms with Crippen LogP contribution in [0.15, 0.2) is 120 Å². The third-order valence-corrected chi connectivity index (χ3v) is 7.76. The first-order valence-corrected chi connectivity index (χ1v) is 14.1. The van der Waals surface area contributed by atoms with E-state index in [9.17, 15) is 0 Å². The molecule has 206 valence electrons. The van der Waals surface area contributed by atoms with Crippen molar-refractivity contribution in [3.05, 3.63) is 154 Å². The van der Waals surface area contributed by atoms with Gasteiger partial charge in [-0.15, -0.1) is 0 Å². The monoisotopic (exact) mass is 552 g/mol. The topological polar surface area (TPSA) is 17.3 Å². The minimum absolute atomic E-state index is 0.423. The molecule has 1 aromatic heterocycles. The molecule has 0 N–H and O–H groups in total. The van der Waals surface area contributed by atoms with Crippen LogP contribution in [0.25, 0.3) is 34.0 Å². The van der Waals surface area contributed by atoms with Gasteiger partial charge in [0.15, 0.2) is 0 Å². The first kappa shape index (κ1) is 27.4. The van der Waals surface area contributed by atoms with Crippen LogP contribution in [0.1, 0.15) is 39.1 Å². The molecule has 6 rings (SSSR count). The summed E-state index contributed by atoms with van der Waals surface area (Å²) >= 11 is 0. The number of halogens is 2.